The second kappa shape index (κ2) is 7.01. The topological polar surface area (TPSA) is 72.3 Å². The molecule has 18 heavy (non-hydrogen) atoms. The van der Waals surface area contributed by atoms with E-state index in [2.05, 4.69) is 18.7 Å². The first-order chi connectivity index (χ1) is 8.51. The van der Waals surface area contributed by atoms with Crippen LogP contribution in [0.3, 0.4) is 0 Å². The Morgan fingerprint density at radius 3 is 2.72 bits per heavy atom. The predicted octanol–water partition coefficient (Wildman–Crippen LogP) is 1.60. The molecule has 0 bridgehead atoms. The lowest BCUT2D eigenvalue weighted by molar-refractivity contribution is -0.119. The van der Waals surface area contributed by atoms with E-state index in [1.807, 2.05) is 24.3 Å². The van der Waals surface area contributed by atoms with E-state index in [0.29, 0.717) is 19.0 Å². The molecule has 1 atom stereocenters. The molecule has 0 fully saturated rings. The van der Waals surface area contributed by atoms with Crippen LogP contribution < -0.4 is 11.5 Å². The van der Waals surface area contributed by atoms with Crippen molar-refractivity contribution in [2.24, 2.45) is 11.7 Å². The Hall–Kier alpha value is -1.55. The largest absolute Gasteiger partial charge is 0.399 e. The third-order valence-corrected chi connectivity index (χ3v) is 3.00. The molecule has 1 aromatic carbocycles. The summed E-state index contributed by atoms with van der Waals surface area (Å²) in [5.74, 6) is 0.257. The smallest absolute Gasteiger partial charge is 0.231 e. The van der Waals surface area contributed by atoms with E-state index in [4.69, 9.17) is 11.5 Å². The van der Waals surface area contributed by atoms with Crippen molar-refractivity contribution >= 4 is 11.6 Å². The summed E-state index contributed by atoms with van der Waals surface area (Å²) in [7, 11) is 0. The Morgan fingerprint density at radius 1 is 1.44 bits per heavy atom. The molecule has 0 aromatic heterocycles. The number of nitrogen functional groups attached to an aromatic ring is 1. The van der Waals surface area contributed by atoms with Crippen molar-refractivity contribution < 1.29 is 4.79 Å². The molecule has 0 aliphatic heterocycles. The number of carbonyl (C=O) groups is 1. The molecule has 100 valence electrons. The summed E-state index contributed by atoms with van der Waals surface area (Å²) in [6, 6.07) is 7.73. The number of nitrogens with two attached hydrogens (primary N) is 2. The highest BCUT2D eigenvalue weighted by Crippen LogP contribution is 2.12. The van der Waals surface area contributed by atoms with Crippen molar-refractivity contribution in [2.75, 3.05) is 18.8 Å². The van der Waals surface area contributed by atoms with Gasteiger partial charge < -0.3 is 11.5 Å². The molecule has 1 rings (SSSR count). The summed E-state index contributed by atoms with van der Waals surface area (Å²) in [5.41, 5.74) is 12.9. The van der Waals surface area contributed by atoms with Crippen molar-refractivity contribution in [3.8, 4) is 0 Å². The molecule has 0 aliphatic rings. The molecule has 0 saturated carbocycles. The third kappa shape index (κ3) is 5.19. The highest BCUT2D eigenvalue weighted by molar-refractivity contribution is 5.75. The van der Waals surface area contributed by atoms with Crippen LogP contribution in [0.25, 0.3) is 0 Å². The third-order valence-electron chi connectivity index (χ3n) is 3.00. The van der Waals surface area contributed by atoms with Gasteiger partial charge in [0, 0.05) is 18.8 Å². The van der Waals surface area contributed by atoms with Gasteiger partial charge in [0.1, 0.15) is 0 Å². The maximum Gasteiger partial charge on any atom is 0.231 e. The van der Waals surface area contributed by atoms with Crippen molar-refractivity contribution in [1.29, 1.82) is 0 Å². The lowest BCUT2D eigenvalue weighted by atomic mass is 10.1. The highest BCUT2D eigenvalue weighted by atomic mass is 16.1. The van der Waals surface area contributed by atoms with Gasteiger partial charge in [0.15, 0.2) is 0 Å². The average molecular weight is 249 g/mol. The second-order valence-corrected chi connectivity index (χ2v) is 4.89. The first-order valence-electron chi connectivity index (χ1n) is 6.36. The molecule has 4 nitrogen and oxygen atoms in total. The fourth-order valence-corrected chi connectivity index (χ4v) is 1.92. The molecule has 0 saturated heterocycles. The number of hydrogen-bond donors (Lipinski definition) is 2. The molecule has 1 amide bonds. The number of benzene rings is 1. The Bertz CT molecular complexity index is 392. The number of rotatable bonds is 7. The number of primary amides is 1. The lowest BCUT2D eigenvalue weighted by Gasteiger charge is -2.24. The van der Waals surface area contributed by atoms with E-state index in [0.717, 1.165) is 24.2 Å². The van der Waals surface area contributed by atoms with Gasteiger partial charge in [0.2, 0.25) is 5.91 Å². The van der Waals surface area contributed by atoms with Crippen LogP contribution >= 0.6 is 0 Å². The van der Waals surface area contributed by atoms with Crippen LogP contribution in [0.5, 0.6) is 0 Å². The van der Waals surface area contributed by atoms with Crippen LogP contribution in [0.4, 0.5) is 5.69 Å². The number of carbonyl (C=O) groups excluding carboxylic acids is 1. The molecule has 0 aliphatic carbocycles. The van der Waals surface area contributed by atoms with Crippen LogP contribution in [0, 0.1) is 5.92 Å². The van der Waals surface area contributed by atoms with Gasteiger partial charge in [-0.2, -0.15) is 0 Å². The van der Waals surface area contributed by atoms with E-state index in [1.54, 1.807) is 0 Å². The van der Waals surface area contributed by atoms with Crippen LogP contribution in [0.15, 0.2) is 24.3 Å². The van der Waals surface area contributed by atoms with Gasteiger partial charge in [-0.15, -0.1) is 0 Å². The van der Waals surface area contributed by atoms with Gasteiger partial charge >= 0.3 is 0 Å². The van der Waals surface area contributed by atoms with Gasteiger partial charge in [-0.05, 0) is 23.6 Å². The van der Waals surface area contributed by atoms with Crippen molar-refractivity contribution in [3.63, 3.8) is 0 Å². The van der Waals surface area contributed by atoms with E-state index >= 15 is 0 Å². The Kier molecular flexibility index (Phi) is 5.65. The predicted molar refractivity (Wildman–Crippen MR) is 74.8 cm³/mol. The van der Waals surface area contributed by atoms with E-state index < -0.39 is 0 Å². The van der Waals surface area contributed by atoms with E-state index in [-0.39, 0.29) is 5.91 Å². The number of amides is 1. The summed E-state index contributed by atoms with van der Waals surface area (Å²) in [5, 5.41) is 0. The standard InChI is InChI=1S/C14H23N3O/c1-3-11(2)8-17(10-14(16)18)9-12-5-4-6-13(15)7-12/h4-7,11H,3,8-10,15H2,1-2H3,(H2,16,18). The minimum Gasteiger partial charge on any atom is -0.399 e. The maximum absolute atomic E-state index is 11.1. The fourth-order valence-electron chi connectivity index (χ4n) is 1.92. The molecule has 1 aromatic rings. The molecule has 4 heteroatoms. The molecular weight excluding hydrogens is 226 g/mol. The average Bonchev–Trinajstić information content (AvgIpc) is 2.27. The lowest BCUT2D eigenvalue weighted by Crippen LogP contribution is -2.36. The molecule has 1 unspecified atom stereocenters. The van der Waals surface area contributed by atoms with Crippen molar-refractivity contribution in [3.05, 3.63) is 29.8 Å². The SMILES string of the molecule is CCC(C)CN(CC(N)=O)Cc1cccc(N)c1. The summed E-state index contributed by atoms with van der Waals surface area (Å²) in [6.07, 6.45) is 1.09. The monoisotopic (exact) mass is 249 g/mol. The summed E-state index contributed by atoms with van der Waals surface area (Å²) in [6.45, 7) is 6.19. The summed E-state index contributed by atoms with van der Waals surface area (Å²) in [4.78, 5) is 13.2. The van der Waals surface area contributed by atoms with Gasteiger partial charge in [-0.25, -0.2) is 0 Å². The second-order valence-electron chi connectivity index (χ2n) is 4.89. The first kappa shape index (κ1) is 14.5. The van der Waals surface area contributed by atoms with Gasteiger partial charge in [0.25, 0.3) is 0 Å². The Labute approximate surface area is 109 Å². The van der Waals surface area contributed by atoms with Crippen LogP contribution in [0.2, 0.25) is 0 Å². The van der Waals surface area contributed by atoms with Crippen molar-refractivity contribution in [1.82, 2.24) is 4.90 Å². The van der Waals surface area contributed by atoms with Crippen LogP contribution in [-0.4, -0.2) is 23.9 Å². The molecule has 0 radical (unpaired) electrons. The fraction of sp³-hybridized carbons (Fsp3) is 0.500. The summed E-state index contributed by atoms with van der Waals surface area (Å²) < 4.78 is 0. The zero-order valence-electron chi connectivity index (χ0n) is 11.2. The van der Waals surface area contributed by atoms with Gasteiger partial charge in [-0.3, -0.25) is 9.69 Å². The summed E-state index contributed by atoms with van der Waals surface area (Å²) >= 11 is 0. The zero-order chi connectivity index (χ0) is 13.5. The molecule has 0 spiro atoms. The Morgan fingerprint density at radius 2 is 2.17 bits per heavy atom. The molecule has 0 heterocycles. The van der Waals surface area contributed by atoms with Crippen LogP contribution in [0.1, 0.15) is 25.8 Å². The number of anilines is 1. The Balaban J connectivity index is 2.68. The number of hydrogen-bond acceptors (Lipinski definition) is 3. The van der Waals surface area contributed by atoms with Gasteiger partial charge in [0.05, 0.1) is 6.54 Å². The quantitative estimate of drug-likeness (QED) is 0.721. The van der Waals surface area contributed by atoms with Gasteiger partial charge in [-0.1, -0.05) is 32.4 Å². The first-order valence-corrected chi connectivity index (χ1v) is 6.36. The zero-order valence-corrected chi connectivity index (χ0v) is 11.2. The molecular formula is C14H23N3O. The van der Waals surface area contributed by atoms with Crippen molar-refractivity contribution in [2.45, 2.75) is 26.8 Å². The minimum absolute atomic E-state index is 0.290. The normalized spacial score (nSPS) is 12.6. The van der Waals surface area contributed by atoms with Crippen LogP contribution in [-0.2, 0) is 11.3 Å². The molecule has 4 N–H and O–H groups in total. The number of nitrogens with zero attached hydrogens (tertiary/aromatic N) is 1. The van der Waals surface area contributed by atoms with E-state index in [1.165, 1.54) is 0 Å². The highest BCUT2D eigenvalue weighted by Gasteiger charge is 2.12. The minimum atomic E-state index is -0.290. The van der Waals surface area contributed by atoms with E-state index in [9.17, 15) is 4.79 Å². The maximum atomic E-state index is 11.1.